The third kappa shape index (κ3) is 3.75. The van der Waals surface area contributed by atoms with Gasteiger partial charge in [0.05, 0.1) is 17.7 Å². The van der Waals surface area contributed by atoms with Crippen LogP contribution in [0.2, 0.25) is 0 Å². The largest absolute Gasteiger partial charge is 0.394 e. The third-order valence-electron chi connectivity index (χ3n) is 4.76. The molecular formula is C17H18N8O6. The molecule has 0 saturated carbocycles. The number of nitrogen functional groups attached to an aromatic ring is 1. The standard InChI is InChI=1S/C17H18N8O6/c18-14-11-15(20-7-19-14)24(16-13(28)12(27)10(6-26)31-16)17(22-11)23-21-5-8-1-3-9(4-2-8)25(29)30/h1-5,7,10,12-13,16,26-28H,6H2,(H,22,23)(H2,18,19,20)/b21-5+/t10-,12-,13+,16-/m1/s1. The van der Waals surface area contributed by atoms with Gasteiger partial charge in [-0.15, -0.1) is 0 Å². The van der Waals surface area contributed by atoms with Gasteiger partial charge in [0.1, 0.15) is 24.6 Å². The first-order chi connectivity index (χ1) is 14.9. The Kier molecular flexibility index (Phi) is 5.43. The Morgan fingerprint density at radius 3 is 2.68 bits per heavy atom. The molecule has 31 heavy (non-hydrogen) atoms. The van der Waals surface area contributed by atoms with Gasteiger partial charge in [-0.3, -0.25) is 14.7 Å². The van der Waals surface area contributed by atoms with E-state index in [4.69, 9.17) is 10.5 Å². The second kappa shape index (κ2) is 8.19. The SMILES string of the molecule is Nc1ncnc2c1nc(N/N=C/c1ccc([N+](=O)[O-])cc1)n2[C@@H]1O[C@H](CO)[C@@H](O)[C@@H]1O. The topological polar surface area (TPSA) is 207 Å². The molecule has 0 spiro atoms. The number of nitro groups is 1. The van der Waals surface area contributed by atoms with Gasteiger partial charge >= 0.3 is 0 Å². The fraction of sp³-hybridized carbons (Fsp3) is 0.294. The van der Waals surface area contributed by atoms with E-state index in [-0.39, 0.29) is 28.6 Å². The fourth-order valence-electron chi connectivity index (χ4n) is 3.19. The highest BCUT2D eigenvalue weighted by molar-refractivity contribution is 5.84. The van der Waals surface area contributed by atoms with Crippen LogP contribution in [-0.2, 0) is 4.74 Å². The normalized spacial score (nSPS) is 23.6. The molecule has 3 aromatic rings. The molecule has 3 heterocycles. The second-order valence-corrected chi connectivity index (χ2v) is 6.68. The van der Waals surface area contributed by atoms with Gasteiger partial charge < -0.3 is 25.8 Å². The maximum atomic E-state index is 10.7. The number of anilines is 2. The zero-order chi connectivity index (χ0) is 22.1. The summed E-state index contributed by atoms with van der Waals surface area (Å²) in [5.41, 5.74) is 9.52. The van der Waals surface area contributed by atoms with Crippen LogP contribution in [0.25, 0.3) is 11.2 Å². The van der Waals surface area contributed by atoms with E-state index in [2.05, 4.69) is 25.5 Å². The van der Waals surface area contributed by atoms with Gasteiger partial charge in [-0.1, -0.05) is 0 Å². The lowest BCUT2D eigenvalue weighted by molar-refractivity contribution is -0.384. The van der Waals surface area contributed by atoms with Crippen molar-refractivity contribution in [1.29, 1.82) is 0 Å². The number of ether oxygens (including phenoxy) is 1. The number of non-ortho nitro benzene ring substituents is 1. The lowest BCUT2D eigenvalue weighted by atomic mass is 10.1. The van der Waals surface area contributed by atoms with E-state index in [1.807, 2.05) is 0 Å². The van der Waals surface area contributed by atoms with Crippen molar-refractivity contribution in [2.45, 2.75) is 24.5 Å². The van der Waals surface area contributed by atoms with Gasteiger partial charge in [0.2, 0.25) is 5.95 Å². The summed E-state index contributed by atoms with van der Waals surface area (Å²) in [6.45, 7) is -0.500. The Labute approximate surface area is 173 Å². The van der Waals surface area contributed by atoms with Crippen LogP contribution >= 0.6 is 0 Å². The minimum atomic E-state index is -1.38. The number of nitro benzene ring substituents is 1. The average molecular weight is 430 g/mol. The third-order valence-corrected chi connectivity index (χ3v) is 4.76. The summed E-state index contributed by atoms with van der Waals surface area (Å²) >= 11 is 0. The molecule has 1 fully saturated rings. The first kappa shape index (κ1) is 20.5. The summed E-state index contributed by atoms with van der Waals surface area (Å²) in [5, 5.41) is 44.7. The first-order valence-corrected chi connectivity index (χ1v) is 9.05. The highest BCUT2D eigenvalue weighted by atomic mass is 16.6. The summed E-state index contributed by atoms with van der Waals surface area (Å²) in [5.74, 6) is 0.160. The number of nitrogens with two attached hydrogens (primary N) is 1. The van der Waals surface area contributed by atoms with Crippen LogP contribution in [0, 0.1) is 10.1 Å². The number of benzene rings is 1. The Hall–Kier alpha value is -3.72. The van der Waals surface area contributed by atoms with Crippen molar-refractivity contribution in [2.24, 2.45) is 5.10 Å². The number of aliphatic hydroxyl groups is 3. The molecule has 1 aliphatic heterocycles. The van der Waals surface area contributed by atoms with Gasteiger partial charge in [-0.2, -0.15) is 5.10 Å². The van der Waals surface area contributed by atoms with Gasteiger partial charge in [0.15, 0.2) is 23.2 Å². The van der Waals surface area contributed by atoms with Crippen molar-refractivity contribution in [3.8, 4) is 0 Å². The summed E-state index contributed by atoms with van der Waals surface area (Å²) in [7, 11) is 0. The van der Waals surface area contributed by atoms with E-state index in [1.165, 1.54) is 41.4 Å². The van der Waals surface area contributed by atoms with E-state index in [0.29, 0.717) is 5.56 Å². The number of nitrogens with one attached hydrogen (secondary N) is 1. The molecular weight excluding hydrogens is 412 g/mol. The predicted molar refractivity (Wildman–Crippen MR) is 107 cm³/mol. The van der Waals surface area contributed by atoms with Crippen LogP contribution in [-0.4, -0.2) is 70.9 Å². The molecule has 1 aliphatic rings. The fourth-order valence-corrected chi connectivity index (χ4v) is 3.19. The van der Waals surface area contributed by atoms with Crippen LogP contribution in [0.4, 0.5) is 17.5 Å². The van der Waals surface area contributed by atoms with Crippen molar-refractivity contribution in [1.82, 2.24) is 19.5 Å². The second-order valence-electron chi connectivity index (χ2n) is 6.68. The molecule has 4 rings (SSSR count). The molecule has 6 N–H and O–H groups in total. The van der Waals surface area contributed by atoms with Crippen LogP contribution in [0.5, 0.6) is 0 Å². The van der Waals surface area contributed by atoms with Gasteiger partial charge in [-0.25, -0.2) is 20.4 Å². The Morgan fingerprint density at radius 1 is 1.29 bits per heavy atom. The predicted octanol–water partition coefficient (Wildman–Crippen LogP) is -0.626. The molecule has 14 nitrogen and oxygen atoms in total. The molecule has 14 heteroatoms. The zero-order valence-electron chi connectivity index (χ0n) is 15.8. The summed E-state index contributed by atoms with van der Waals surface area (Å²) in [4.78, 5) is 22.5. The lowest BCUT2D eigenvalue weighted by Crippen LogP contribution is -2.33. The minimum absolute atomic E-state index is 0.0506. The first-order valence-electron chi connectivity index (χ1n) is 9.05. The van der Waals surface area contributed by atoms with Gasteiger partial charge in [0.25, 0.3) is 5.69 Å². The molecule has 162 valence electrons. The number of hydrogen-bond acceptors (Lipinski definition) is 12. The molecule has 0 unspecified atom stereocenters. The molecule has 2 aromatic heterocycles. The summed E-state index contributed by atoms with van der Waals surface area (Å²) in [6, 6.07) is 5.71. The smallest absolute Gasteiger partial charge is 0.269 e. The Balaban J connectivity index is 1.66. The number of imidazole rings is 1. The highest BCUT2D eigenvalue weighted by Crippen LogP contribution is 2.35. The Bertz CT molecular complexity index is 1130. The maximum absolute atomic E-state index is 10.7. The Morgan fingerprint density at radius 2 is 2.03 bits per heavy atom. The van der Waals surface area contributed by atoms with Gasteiger partial charge in [-0.05, 0) is 17.7 Å². The van der Waals surface area contributed by atoms with Crippen LogP contribution < -0.4 is 11.2 Å². The monoisotopic (exact) mass is 430 g/mol. The number of rotatable bonds is 6. The van der Waals surface area contributed by atoms with E-state index < -0.39 is 36.1 Å². The lowest BCUT2D eigenvalue weighted by Gasteiger charge is -2.18. The molecule has 1 aromatic carbocycles. The maximum Gasteiger partial charge on any atom is 0.269 e. The van der Waals surface area contributed by atoms with Crippen LogP contribution in [0.3, 0.4) is 0 Å². The molecule has 4 atom stereocenters. The molecule has 0 bridgehead atoms. The van der Waals surface area contributed by atoms with Crippen molar-refractivity contribution in [3.05, 3.63) is 46.3 Å². The van der Waals surface area contributed by atoms with Crippen LogP contribution in [0.15, 0.2) is 35.7 Å². The number of hydrogen-bond donors (Lipinski definition) is 5. The average Bonchev–Trinajstić information content (AvgIpc) is 3.26. The van der Waals surface area contributed by atoms with Crippen molar-refractivity contribution in [3.63, 3.8) is 0 Å². The number of aliphatic hydroxyl groups excluding tert-OH is 3. The number of hydrazone groups is 1. The van der Waals surface area contributed by atoms with E-state index in [9.17, 15) is 25.4 Å². The van der Waals surface area contributed by atoms with E-state index in [0.717, 1.165) is 0 Å². The number of aromatic nitrogens is 4. The summed E-state index contributed by atoms with van der Waals surface area (Å²) in [6.07, 6.45) is -2.24. The summed E-state index contributed by atoms with van der Waals surface area (Å²) < 4.78 is 6.94. The zero-order valence-corrected chi connectivity index (χ0v) is 15.8. The van der Waals surface area contributed by atoms with E-state index >= 15 is 0 Å². The van der Waals surface area contributed by atoms with Gasteiger partial charge in [0, 0.05) is 12.1 Å². The van der Waals surface area contributed by atoms with Crippen molar-refractivity contribution < 1.29 is 25.0 Å². The highest BCUT2D eigenvalue weighted by Gasteiger charge is 2.45. The minimum Gasteiger partial charge on any atom is -0.394 e. The van der Waals surface area contributed by atoms with E-state index in [1.54, 1.807) is 0 Å². The molecule has 0 radical (unpaired) electrons. The molecule has 1 saturated heterocycles. The molecule has 0 aliphatic carbocycles. The number of fused-ring (bicyclic) bond motifs is 1. The van der Waals surface area contributed by atoms with Crippen molar-refractivity contribution >= 4 is 34.8 Å². The molecule has 0 amide bonds. The van der Waals surface area contributed by atoms with Crippen molar-refractivity contribution in [2.75, 3.05) is 17.8 Å². The quantitative estimate of drug-likeness (QED) is 0.189. The van der Waals surface area contributed by atoms with Crippen LogP contribution in [0.1, 0.15) is 11.8 Å². The number of nitrogens with zero attached hydrogens (tertiary/aromatic N) is 6.